The second-order valence-electron chi connectivity index (χ2n) is 9.66. The number of fused-ring (bicyclic) bond motifs is 5. The van der Waals surface area contributed by atoms with Crippen LogP contribution in [-0.4, -0.2) is 32.3 Å². The summed E-state index contributed by atoms with van der Waals surface area (Å²) < 4.78 is 22.5. The number of ether oxygens (including phenoxy) is 4. The summed E-state index contributed by atoms with van der Waals surface area (Å²) in [6.45, 7) is 0.709. The first-order valence-corrected chi connectivity index (χ1v) is 12.6. The number of hydrogen-bond donors (Lipinski definition) is 1. The number of amides is 2. The number of rotatable bonds is 5. The van der Waals surface area contributed by atoms with Crippen molar-refractivity contribution < 1.29 is 28.5 Å². The summed E-state index contributed by atoms with van der Waals surface area (Å²) in [5, 5.41) is 2.89. The fourth-order valence-electron chi connectivity index (χ4n) is 5.61. The Morgan fingerprint density at radius 2 is 1.64 bits per heavy atom. The number of benzene rings is 4. The third kappa shape index (κ3) is 3.52. The molecular formula is C31H24N2O6. The molecule has 8 nitrogen and oxygen atoms in total. The molecular weight excluding hydrogens is 496 g/mol. The van der Waals surface area contributed by atoms with E-state index in [-0.39, 0.29) is 25.2 Å². The van der Waals surface area contributed by atoms with Crippen LogP contribution in [0.3, 0.4) is 0 Å². The molecule has 2 amide bonds. The summed E-state index contributed by atoms with van der Waals surface area (Å²) in [5.41, 5.74) is 3.57. The summed E-state index contributed by atoms with van der Waals surface area (Å²) in [6, 6.07) is 26.0. The predicted octanol–water partition coefficient (Wildman–Crippen LogP) is 4.90. The van der Waals surface area contributed by atoms with Gasteiger partial charge in [-0.1, -0.05) is 42.5 Å². The van der Waals surface area contributed by atoms with Crippen LogP contribution in [0.1, 0.15) is 27.0 Å². The van der Waals surface area contributed by atoms with Crippen molar-refractivity contribution >= 4 is 23.2 Å². The molecule has 39 heavy (non-hydrogen) atoms. The largest absolute Gasteiger partial charge is 0.495 e. The highest BCUT2D eigenvalue weighted by Crippen LogP contribution is 2.55. The third-order valence-electron chi connectivity index (χ3n) is 7.56. The number of methoxy groups -OCH3 is 1. The zero-order valence-electron chi connectivity index (χ0n) is 21.1. The van der Waals surface area contributed by atoms with Gasteiger partial charge in [-0.15, -0.1) is 0 Å². The normalized spacial score (nSPS) is 18.1. The lowest BCUT2D eigenvalue weighted by molar-refractivity contribution is -0.122. The molecule has 0 aromatic heterocycles. The average molecular weight is 521 g/mol. The van der Waals surface area contributed by atoms with Gasteiger partial charge in [-0.2, -0.15) is 0 Å². The molecule has 3 heterocycles. The molecule has 194 valence electrons. The van der Waals surface area contributed by atoms with E-state index >= 15 is 0 Å². The van der Waals surface area contributed by atoms with Crippen LogP contribution >= 0.6 is 0 Å². The number of hydrogen-bond acceptors (Lipinski definition) is 6. The van der Waals surface area contributed by atoms with Crippen molar-refractivity contribution in [3.05, 3.63) is 107 Å². The minimum absolute atomic E-state index is 0.0562. The molecule has 1 N–H and O–H groups in total. The molecule has 0 fully saturated rings. The van der Waals surface area contributed by atoms with Crippen LogP contribution in [0, 0.1) is 0 Å². The minimum atomic E-state index is -0.957. The first kappa shape index (κ1) is 23.2. The second-order valence-corrected chi connectivity index (χ2v) is 9.66. The standard InChI is InChI=1S/C31H24N2O6/c1-36-25-9-5-3-7-23(25)32-29(34)20-12-10-19(11-13-20)16-33-24-8-4-2-6-21(24)31(30(33)35)17-37-26-15-28-27(14-22(26)31)38-18-39-28/h2-15H,16-18H2,1H3,(H,32,34). The zero-order chi connectivity index (χ0) is 26.6. The highest BCUT2D eigenvalue weighted by atomic mass is 16.7. The molecule has 1 unspecified atom stereocenters. The van der Waals surface area contributed by atoms with E-state index < -0.39 is 5.41 Å². The Labute approximate surface area is 224 Å². The van der Waals surface area contributed by atoms with Gasteiger partial charge < -0.3 is 29.2 Å². The van der Waals surface area contributed by atoms with Gasteiger partial charge in [-0.3, -0.25) is 9.59 Å². The molecule has 0 bridgehead atoms. The van der Waals surface area contributed by atoms with Crippen molar-refractivity contribution in [3.8, 4) is 23.0 Å². The van der Waals surface area contributed by atoms with Gasteiger partial charge >= 0.3 is 0 Å². The molecule has 0 saturated carbocycles. The molecule has 1 atom stereocenters. The van der Waals surface area contributed by atoms with Gasteiger partial charge in [0, 0.05) is 22.9 Å². The van der Waals surface area contributed by atoms with Crippen LogP contribution in [0.4, 0.5) is 11.4 Å². The van der Waals surface area contributed by atoms with Crippen molar-refractivity contribution in [1.82, 2.24) is 0 Å². The fraction of sp³-hybridized carbons (Fsp3) is 0.161. The maximum Gasteiger partial charge on any atom is 0.255 e. The first-order chi connectivity index (χ1) is 19.1. The predicted molar refractivity (Wildman–Crippen MR) is 144 cm³/mol. The second kappa shape index (κ2) is 8.80. The van der Waals surface area contributed by atoms with Gasteiger partial charge in [-0.05, 0) is 47.5 Å². The van der Waals surface area contributed by atoms with Crippen LogP contribution in [0.5, 0.6) is 23.0 Å². The minimum Gasteiger partial charge on any atom is -0.495 e. The number of carbonyl (C=O) groups is 2. The maximum absolute atomic E-state index is 14.2. The lowest BCUT2D eigenvalue weighted by Crippen LogP contribution is -2.42. The molecule has 8 heteroatoms. The quantitative estimate of drug-likeness (QED) is 0.403. The molecule has 0 aliphatic carbocycles. The highest BCUT2D eigenvalue weighted by molar-refractivity contribution is 6.11. The highest BCUT2D eigenvalue weighted by Gasteiger charge is 2.57. The lowest BCUT2D eigenvalue weighted by Gasteiger charge is -2.23. The molecule has 0 radical (unpaired) electrons. The smallest absolute Gasteiger partial charge is 0.255 e. The van der Waals surface area contributed by atoms with E-state index in [1.54, 1.807) is 42.3 Å². The summed E-state index contributed by atoms with van der Waals surface area (Å²) in [4.78, 5) is 28.8. The Morgan fingerprint density at radius 3 is 2.46 bits per heavy atom. The van der Waals surface area contributed by atoms with Gasteiger partial charge in [0.2, 0.25) is 12.7 Å². The van der Waals surface area contributed by atoms with Crippen LogP contribution in [0.15, 0.2) is 84.9 Å². The van der Waals surface area contributed by atoms with E-state index in [4.69, 9.17) is 18.9 Å². The Morgan fingerprint density at radius 1 is 0.897 bits per heavy atom. The number of carbonyl (C=O) groups excluding carboxylic acids is 2. The summed E-state index contributed by atoms with van der Waals surface area (Å²) in [6.07, 6.45) is 0. The van der Waals surface area contributed by atoms with Gasteiger partial charge in [0.25, 0.3) is 5.91 Å². The third-order valence-corrected chi connectivity index (χ3v) is 7.56. The van der Waals surface area contributed by atoms with E-state index in [0.717, 1.165) is 22.4 Å². The lowest BCUT2D eigenvalue weighted by atomic mass is 9.77. The fourth-order valence-corrected chi connectivity index (χ4v) is 5.61. The van der Waals surface area contributed by atoms with Gasteiger partial charge in [-0.25, -0.2) is 0 Å². The molecule has 7 rings (SSSR count). The van der Waals surface area contributed by atoms with Gasteiger partial charge in [0.05, 0.1) is 19.3 Å². The Kier molecular flexibility index (Phi) is 5.23. The Bertz CT molecular complexity index is 1630. The van der Waals surface area contributed by atoms with Crippen molar-refractivity contribution in [2.24, 2.45) is 0 Å². The summed E-state index contributed by atoms with van der Waals surface area (Å²) in [5.74, 6) is 2.16. The maximum atomic E-state index is 14.2. The topological polar surface area (TPSA) is 86.3 Å². The van der Waals surface area contributed by atoms with Crippen LogP contribution < -0.4 is 29.2 Å². The number of anilines is 2. The van der Waals surface area contributed by atoms with E-state index in [0.29, 0.717) is 40.8 Å². The SMILES string of the molecule is COc1ccccc1NC(=O)c1ccc(CN2C(=O)C3(COc4cc5c(cc43)OCO5)c3ccccc32)cc1. The van der Waals surface area contributed by atoms with Crippen LogP contribution in [-0.2, 0) is 16.8 Å². The average Bonchev–Trinajstić information content (AvgIpc) is 3.65. The van der Waals surface area contributed by atoms with E-state index in [2.05, 4.69) is 5.32 Å². The van der Waals surface area contributed by atoms with E-state index in [1.807, 2.05) is 54.6 Å². The molecule has 4 aromatic carbocycles. The Balaban J connectivity index is 1.17. The van der Waals surface area contributed by atoms with Crippen LogP contribution in [0.25, 0.3) is 0 Å². The zero-order valence-corrected chi connectivity index (χ0v) is 21.1. The van der Waals surface area contributed by atoms with Gasteiger partial charge in [0.1, 0.15) is 23.5 Å². The summed E-state index contributed by atoms with van der Waals surface area (Å²) in [7, 11) is 1.56. The van der Waals surface area contributed by atoms with Crippen molar-refractivity contribution in [3.63, 3.8) is 0 Å². The van der Waals surface area contributed by atoms with Crippen molar-refractivity contribution in [1.29, 1.82) is 0 Å². The van der Waals surface area contributed by atoms with Crippen molar-refractivity contribution in [2.75, 3.05) is 30.7 Å². The molecule has 4 aromatic rings. The monoisotopic (exact) mass is 520 g/mol. The number of nitrogens with one attached hydrogen (secondary N) is 1. The van der Waals surface area contributed by atoms with Crippen molar-refractivity contribution in [2.45, 2.75) is 12.0 Å². The van der Waals surface area contributed by atoms with Crippen LogP contribution in [0.2, 0.25) is 0 Å². The number of para-hydroxylation sites is 3. The molecule has 3 aliphatic rings. The van der Waals surface area contributed by atoms with E-state index in [1.165, 1.54) is 0 Å². The molecule has 1 spiro atoms. The summed E-state index contributed by atoms with van der Waals surface area (Å²) >= 11 is 0. The Hall–Kier alpha value is -4.98. The van der Waals surface area contributed by atoms with Gasteiger partial charge in [0.15, 0.2) is 11.5 Å². The molecule has 0 saturated heterocycles. The molecule has 3 aliphatic heterocycles. The first-order valence-electron chi connectivity index (χ1n) is 12.6. The van der Waals surface area contributed by atoms with E-state index in [9.17, 15) is 9.59 Å². The number of nitrogens with zero attached hydrogens (tertiary/aromatic N) is 1.